The molecule has 0 aliphatic rings. The zero-order valence-electron chi connectivity index (χ0n) is 8.84. The summed E-state index contributed by atoms with van der Waals surface area (Å²) < 4.78 is 0. The molecule has 2 rings (SSSR count). The minimum atomic E-state index is 0.328. The van der Waals surface area contributed by atoms with Crippen LogP contribution in [0.5, 0.6) is 0 Å². The molecule has 16 heavy (non-hydrogen) atoms. The molecular weight excluding hydrogens is 202 g/mol. The molecule has 2 aromatic rings. The van der Waals surface area contributed by atoms with Crippen LogP contribution in [0, 0.1) is 11.8 Å². The molecule has 0 aliphatic carbocycles. The Morgan fingerprint density at radius 3 is 2.44 bits per heavy atom. The minimum Gasteiger partial charge on any atom is -0.340 e. The number of anilines is 2. The topological polar surface area (TPSA) is 54.4 Å². The Labute approximate surface area is 93.3 Å². The quantitative estimate of drug-likeness (QED) is 0.793. The van der Waals surface area contributed by atoms with Gasteiger partial charge in [0, 0.05) is 5.69 Å². The Morgan fingerprint density at radius 2 is 1.88 bits per heavy atom. The highest BCUT2D eigenvalue weighted by Crippen LogP contribution is 2.17. The first-order valence-corrected chi connectivity index (χ1v) is 4.91. The number of rotatable bonds is 3. The second-order valence-electron chi connectivity index (χ2n) is 3.48. The highest BCUT2D eigenvalue weighted by molar-refractivity contribution is 5.57. The maximum Gasteiger partial charge on any atom is 0.130 e. The third-order valence-corrected chi connectivity index (χ3v) is 2.18. The number of nitrogens with one attached hydrogen (secondary N) is 1. The molecule has 1 aromatic heterocycles. The molecule has 4 heteroatoms. The van der Waals surface area contributed by atoms with Crippen molar-refractivity contribution in [1.29, 1.82) is 0 Å². The zero-order chi connectivity index (χ0) is 11.4. The number of benzene rings is 1. The Hall–Kier alpha value is -2.23. The van der Waals surface area contributed by atoms with E-state index in [4.69, 9.17) is 0 Å². The van der Waals surface area contributed by atoms with Crippen molar-refractivity contribution in [3.8, 4) is 0 Å². The van der Waals surface area contributed by atoms with Gasteiger partial charge in [0.25, 0.3) is 0 Å². The SMILES string of the molecule is Cc1ccc(Nc2ccc(N=O)cn2)cc1. The molecule has 1 heterocycles. The van der Waals surface area contributed by atoms with Gasteiger partial charge < -0.3 is 5.32 Å². The molecule has 0 saturated carbocycles. The standard InChI is InChI=1S/C12H11N3O/c1-9-2-4-10(5-3-9)14-12-7-6-11(15-16)8-13-12/h2-8H,1H3,(H,13,14). The van der Waals surface area contributed by atoms with Crippen LogP contribution in [-0.2, 0) is 0 Å². The lowest BCUT2D eigenvalue weighted by Crippen LogP contribution is -1.92. The van der Waals surface area contributed by atoms with E-state index < -0.39 is 0 Å². The molecule has 0 aliphatic heterocycles. The summed E-state index contributed by atoms with van der Waals surface area (Å²) in [4.78, 5) is 14.3. The molecule has 0 fully saturated rings. The van der Waals surface area contributed by atoms with Gasteiger partial charge in [0.05, 0.1) is 6.20 Å². The van der Waals surface area contributed by atoms with E-state index >= 15 is 0 Å². The number of nitroso groups, excluding NO2 is 1. The summed E-state index contributed by atoms with van der Waals surface area (Å²) in [5.74, 6) is 0.691. The van der Waals surface area contributed by atoms with Gasteiger partial charge >= 0.3 is 0 Å². The van der Waals surface area contributed by atoms with Crippen molar-refractivity contribution in [3.05, 3.63) is 53.1 Å². The Morgan fingerprint density at radius 1 is 1.12 bits per heavy atom. The Bertz CT molecular complexity index is 477. The van der Waals surface area contributed by atoms with Crippen molar-refractivity contribution < 1.29 is 0 Å². The molecule has 1 aromatic carbocycles. The lowest BCUT2D eigenvalue weighted by molar-refractivity contribution is 1.28. The van der Waals surface area contributed by atoms with Crippen molar-refractivity contribution in [3.63, 3.8) is 0 Å². The van der Waals surface area contributed by atoms with Crippen LogP contribution in [0.3, 0.4) is 0 Å². The number of pyridine rings is 1. The van der Waals surface area contributed by atoms with E-state index in [1.807, 2.05) is 31.2 Å². The van der Waals surface area contributed by atoms with Gasteiger partial charge in [-0.05, 0) is 36.4 Å². The number of nitrogens with zero attached hydrogens (tertiary/aromatic N) is 2. The molecule has 0 atom stereocenters. The van der Waals surface area contributed by atoms with Crippen LogP contribution in [0.25, 0.3) is 0 Å². The number of hydrogen-bond acceptors (Lipinski definition) is 4. The summed E-state index contributed by atoms with van der Waals surface area (Å²) in [6.07, 6.45) is 1.43. The average Bonchev–Trinajstić information content (AvgIpc) is 2.33. The molecule has 0 bridgehead atoms. The summed E-state index contributed by atoms with van der Waals surface area (Å²) in [5, 5.41) is 5.92. The first-order chi connectivity index (χ1) is 7.78. The summed E-state index contributed by atoms with van der Waals surface area (Å²) in [6.45, 7) is 2.03. The van der Waals surface area contributed by atoms with Gasteiger partial charge in [-0.25, -0.2) is 4.98 Å². The van der Waals surface area contributed by atoms with E-state index in [9.17, 15) is 4.91 Å². The van der Waals surface area contributed by atoms with E-state index in [1.165, 1.54) is 11.8 Å². The molecule has 4 nitrogen and oxygen atoms in total. The highest BCUT2D eigenvalue weighted by atomic mass is 16.3. The van der Waals surface area contributed by atoms with Crippen molar-refractivity contribution in [2.75, 3.05) is 5.32 Å². The average molecular weight is 213 g/mol. The largest absolute Gasteiger partial charge is 0.340 e. The lowest BCUT2D eigenvalue weighted by Gasteiger charge is -2.05. The molecule has 0 amide bonds. The van der Waals surface area contributed by atoms with Crippen LogP contribution in [0.15, 0.2) is 47.8 Å². The second-order valence-corrected chi connectivity index (χ2v) is 3.48. The molecule has 0 spiro atoms. The fourth-order valence-electron chi connectivity index (χ4n) is 1.30. The van der Waals surface area contributed by atoms with E-state index in [0.29, 0.717) is 11.5 Å². The predicted octanol–water partition coefficient (Wildman–Crippen LogP) is 3.53. The van der Waals surface area contributed by atoms with Gasteiger partial charge in [-0.15, -0.1) is 4.91 Å². The fraction of sp³-hybridized carbons (Fsp3) is 0.0833. The third kappa shape index (κ3) is 2.42. The van der Waals surface area contributed by atoms with Gasteiger partial charge in [0.15, 0.2) is 0 Å². The van der Waals surface area contributed by atoms with Gasteiger partial charge in [0.1, 0.15) is 11.5 Å². The number of hydrogen-bond donors (Lipinski definition) is 1. The molecule has 0 saturated heterocycles. The van der Waals surface area contributed by atoms with Crippen LogP contribution in [0.2, 0.25) is 0 Å². The highest BCUT2D eigenvalue weighted by Gasteiger charge is 1.96. The normalized spacial score (nSPS) is 9.81. The summed E-state index contributed by atoms with van der Waals surface area (Å²) in [7, 11) is 0. The Balaban J connectivity index is 2.14. The van der Waals surface area contributed by atoms with Gasteiger partial charge in [-0.3, -0.25) is 0 Å². The molecule has 80 valence electrons. The van der Waals surface area contributed by atoms with Gasteiger partial charge in [-0.2, -0.15) is 0 Å². The monoisotopic (exact) mass is 213 g/mol. The summed E-state index contributed by atoms with van der Waals surface area (Å²) in [5.41, 5.74) is 2.50. The smallest absolute Gasteiger partial charge is 0.130 e. The van der Waals surface area contributed by atoms with Crippen molar-refractivity contribution >= 4 is 17.2 Å². The van der Waals surface area contributed by atoms with Crippen LogP contribution < -0.4 is 5.32 Å². The summed E-state index contributed by atoms with van der Waals surface area (Å²) >= 11 is 0. The Kier molecular flexibility index (Phi) is 2.91. The van der Waals surface area contributed by atoms with Crippen LogP contribution >= 0.6 is 0 Å². The van der Waals surface area contributed by atoms with E-state index in [1.54, 1.807) is 12.1 Å². The van der Waals surface area contributed by atoms with Crippen molar-refractivity contribution in [1.82, 2.24) is 4.98 Å². The van der Waals surface area contributed by atoms with Crippen LogP contribution in [0.1, 0.15) is 5.56 Å². The zero-order valence-corrected chi connectivity index (χ0v) is 8.84. The van der Waals surface area contributed by atoms with Gasteiger partial charge in [0.2, 0.25) is 0 Å². The van der Waals surface area contributed by atoms with Crippen molar-refractivity contribution in [2.45, 2.75) is 6.92 Å². The maximum absolute atomic E-state index is 10.2. The summed E-state index contributed by atoms with van der Waals surface area (Å²) in [6, 6.07) is 11.3. The fourth-order valence-corrected chi connectivity index (χ4v) is 1.30. The van der Waals surface area contributed by atoms with E-state index in [2.05, 4.69) is 15.5 Å². The number of aromatic nitrogens is 1. The first kappa shape index (κ1) is 10.3. The van der Waals surface area contributed by atoms with E-state index in [-0.39, 0.29) is 0 Å². The van der Waals surface area contributed by atoms with Gasteiger partial charge in [-0.1, -0.05) is 17.7 Å². The number of aryl methyl sites for hydroxylation is 1. The second kappa shape index (κ2) is 4.53. The van der Waals surface area contributed by atoms with Crippen LogP contribution in [-0.4, -0.2) is 4.98 Å². The predicted molar refractivity (Wildman–Crippen MR) is 64.2 cm³/mol. The first-order valence-electron chi connectivity index (χ1n) is 4.91. The molecule has 0 unspecified atom stereocenters. The lowest BCUT2D eigenvalue weighted by atomic mass is 10.2. The third-order valence-electron chi connectivity index (χ3n) is 2.18. The van der Waals surface area contributed by atoms with E-state index in [0.717, 1.165) is 5.69 Å². The van der Waals surface area contributed by atoms with Crippen LogP contribution in [0.4, 0.5) is 17.2 Å². The van der Waals surface area contributed by atoms with Crippen molar-refractivity contribution in [2.24, 2.45) is 5.18 Å². The maximum atomic E-state index is 10.2. The molecule has 0 radical (unpaired) electrons. The molecular formula is C12H11N3O. The molecule has 1 N–H and O–H groups in total. The minimum absolute atomic E-state index is 0.328.